The predicted molar refractivity (Wildman–Crippen MR) is 86.3 cm³/mol. The first-order chi connectivity index (χ1) is 10.8. The van der Waals surface area contributed by atoms with Gasteiger partial charge in [0.1, 0.15) is 15.7 Å². The Hall–Kier alpha value is -1.43. The average molecular weight is 339 g/mol. The molecule has 126 valence electrons. The minimum atomic E-state index is -2.89. The summed E-state index contributed by atoms with van der Waals surface area (Å²) >= 11 is 0. The van der Waals surface area contributed by atoms with E-state index >= 15 is 0 Å². The van der Waals surface area contributed by atoms with Crippen molar-refractivity contribution in [2.75, 3.05) is 18.1 Å². The molecule has 1 aliphatic carbocycles. The second kappa shape index (κ2) is 5.89. The van der Waals surface area contributed by atoms with Crippen LogP contribution in [0.3, 0.4) is 0 Å². The van der Waals surface area contributed by atoms with Crippen molar-refractivity contribution in [3.05, 3.63) is 35.6 Å². The third kappa shape index (κ3) is 3.57. The van der Waals surface area contributed by atoms with Gasteiger partial charge in [-0.15, -0.1) is 0 Å². The van der Waals surface area contributed by atoms with Crippen LogP contribution < -0.4 is 5.32 Å². The molecule has 2 atom stereocenters. The molecule has 1 N–H and O–H groups in total. The monoisotopic (exact) mass is 339 g/mol. The molecule has 3 rings (SSSR count). The molecule has 0 aromatic heterocycles. The number of sulfone groups is 1. The topological polar surface area (TPSA) is 63.2 Å². The van der Waals surface area contributed by atoms with Gasteiger partial charge in [0.15, 0.2) is 0 Å². The highest BCUT2D eigenvalue weighted by molar-refractivity contribution is 7.91. The van der Waals surface area contributed by atoms with Gasteiger partial charge in [0.2, 0.25) is 5.91 Å². The highest BCUT2D eigenvalue weighted by atomic mass is 32.2. The smallest absolute Gasteiger partial charge is 0.223 e. The molecule has 1 heterocycles. The zero-order valence-corrected chi connectivity index (χ0v) is 14.0. The highest BCUT2D eigenvalue weighted by Crippen LogP contribution is 2.59. The summed E-state index contributed by atoms with van der Waals surface area (Å²) in [5, 5.41) is 2.97. The van der Waals surface area contributed by atoms with E-state index in [9.17, 15) is 17.6 Å². The Bertz CT molecular complexity index is 685. The predicted octanol–water partition coefficient (Wildman–Crippen LogP) is 2.26. The molecule has 0 bridgehead atoms. The van der Waals surface area contributed by atoms with E-state index in [0.717, 1.165) is 12.0 Å². The first-order valence-electron chi connectivity index (χ1n) is 8.05. The molecule has 6 heteroatoms. The van der Waals surface area contributed by atoms with E-state index in [0.29, 0.717) is 19.4 Å². The summed E-state index contributed by atoms with van der Waals surface area (Å²) in [6.45, 7) is 2.50. The zero-order valence-electron chi connectivity index (χ0n) is 13.2. The molecule has 2 fully saturated rings. The van der Waals surface area contributed by atoms with Crippen molar-refractivity contribution in [1.82, 2.24) is 5.32 Å². The first kappa shape index (κ1) is 16.4. The van der Waals surface area contributed by atoms with Crippen LogP contribution in [-0.4, -0.2) is 32.4 Å². The van der Waals surface area contributed by atoms with Crippen molar-refractivity contribution in [3.8, 4) is 0 Å². The fraction of sp³-hybridized carbons (Fsp3) is 0.588. The van der Waals surface area contributed by atoms with Crippen molar-refractivity contribution in [2.24, 2.45) is 11.3 Å². The van der Waals surface area contributed by atoms with E-state index < -0.39 is 9.84 Å². The van der Waals surface area contributed by atoms with Gasteiger partial charge in [-0.25, -0.2) is 12.8 Å². The van der Waals surface area contributed by atoms with Crippen molar-refractivity contribution in [2.45, 2.75) is 32.1 Å². The van der Waals surface area contributed by atoms with Crippen molar-refractivity contribution >= 4 is 15.7 Å². The minimum absolute atomic E-state index is 0.0262. The van der Waals surface area contributed by atoms with Crippen LogP contribution in [0.4, 0.5) is 4.39 Å². The lowest BCUT2D eigenvalue weighted by Gasteiger charge is -2.22. The van der Waals surface area contributed by atoms with Crippen molar-refractivity contribution in [1.29, 1.82) is 0 Å². The third-order valence-corrected chi connectivity index (χ3v) is 7.00. The number of hydrogen-bond donors (Lipinski definition) is 1. The van der Waals surface area contributed by atoms with Crippen LogP contribution in [0.2, 0.25) is 0 Å². The Balaban J connectivity index is 1.50. The number of benzene rings is 1. The maximum atomic E-state index is 12.9. The van der Waals surface area contributed by atoms with Crippen LogP contribution >= 0.6 is 0 Å². The van der Waals surface area contributed by atoms with Crippen LogP contribution in [0.5, 0.6) is 0 Å². The molecule has 0 radical (unpaired) electrons. The molecule has 1 amide bonds. The lowest BCUT2D eigenvalue weighted by Crippen LogP contribution is -2.33. The number of nitrogens with one attached hydrogen (secondary N) is 1. The maximum Gasteiger partial charge on any atom is 0.223 e. The zero-order chi connectivity index (χ0) is 16.7. The van der Waals surface area contributed by atoms with E-state index in [1.54, 1.807) is 12.1 Å². The van der Waals surface area contributed by atoms with Gasteiger partial charge in [0.25, 0.3) is 0 Å². The number of amides is 1. The van der Waals surface area contributed by atoms with Gasteiger partial charge >= 0.3 is 0 Å². The van der Waals surface area contributed by atoms with E-state index in [2.05, 4.69) is 5.32 Å². The lowest BCUT2D eigenvalue weighted by atomic mass is 9.95. The summed E-state index contributed by atoms with van der Waals surface area (Å²) in [6, 6.07) is 6.31. The summed E-state index contributed by atoms with van der Waals surface area (Å²) in [4.78, 5) is 12.3. The van der Waals surface area contributed by atoms with E-state index in [1.165, 1.54) is 12.1 Å². The van der Waals surface area contributed by atoms with Gasteiger partial charge in [-0.3, -0.25) is 4.79 Å². The molecule has 1 aromatic carbocycles. The molecule has 0 unspecified atom stereocenters. The summed E-state index contributed by atoms with van der Waals surface area (Å²) in [5.74, 6) is 0.251. The molecular weight excluding hydrogens is 317 g/mol. The minimum Gasteiger partial charge on any atom is -0.355 e. The summed E-state index contributed by atoms with van der Waals surface area (Å²) in [5.41, 5.74) is 0.912. The first-order valence-corrected chi connectivity index (χ1v) is 9.87. The van der Waals surface area contributed by atoms with E-state index in [4.69, 9.17) is 0 Å². The molecule has 2 aliphatic rings. The lowest BCUT2D eigenvalue weighted by molar-refractivity contribution is -0.123. The molecule has 1 aliphatic heterocycles. The van der Waals surface area contributed by atoms with Gasteiger partial charge in [-0.2, -0.15) is 0 Å². The second-order valence-electron chi connectivity index (χ2n) is 6.97. The van der Waals surface area contributed by atoms with Crippen molar-refractivity contribution < 1.29 is 17.6 Å². The van der Waals surface area contributed by atoms with Gasteiger partial charge in [0, 0.05) is 12.5 Å². The number of carbonyl (C=O) groups excluding carboxylic acids is 1. The fourth-order valence-corrected chi connectivity index (χ4v) is 5.14. The SMILES string of the molecule is C[C@@H](CNC(=O)[C@@H]1CC12CCS(=O)(=O)CC2)c1ccc(F)cc1. The quantitative estimate of drug-likeness (QED) is 0.915. The van der Waals surface area contributed by atoms with Crippen LogP contribution in [-0.2, 0) is 14.6 Å². The summed E-state index contributed by atoms with van der Waals surface area (Å²) in [6.07, 6.45) is 2.03. The molecular formula is C17H22FNO3S. The van der Waals surface area contributed by atoms with Gasteiger partial charge in [0.05, 0.1) is 11.5 Å². The van der Waals surface area contributed by atoms with Crippen molar-refractivity contribution in [3.63, 3.8) is 0 Å². The highest BCUT2D eigenvalue weighted by Gasteiger charge is 2.59. The van der Waals surface area contributed by atoms with Crippen LogP contribution in [0.25, 0.3) is 0 Å². The number of rotatable bonds is 4. The molecule has 1 saturated carbocycles. The summed E-state index contributed by atoms with van der Waals surface area (Å²) in [7, 11) is -2.89. The normalized spacial score (nSPS) is 25.7. The second-order valence-corrected chi connectivity index (χ2v) is 9.27. The maximum absolute atomic E-state index is 12.9. The van der Waals surface area contributed by atoms with Crippen LogP contribution in [0.1, 0.15) is 37.7 Å². The molecule has 4 nitrogen and oxygen atoms in total. The fourth-order valence-electron chi connectivity index (χ4n) is 3.50. The van der Waals surface area contributed by atoms with Crippen LogP contribution in [0, 0.1) is 17.2 Å². The largest absolute Gasteiger partial charge is 0.355 e. The third-order valence-electron chi connectivity index (χ3n) is 5.35. The Kier molecular flexibility index (Phi) is 4.21. The Morgan fingerprint density at radius 1 is 1.30 bits per heavy atom. The van der Waals surface area contributed by atoms with Crippen LogP contribution in [0.15, 0.2) is 24.3 Å². The molecule has 1 saturated heterocycles. The number of hydrogen-bond acceptors (Lipinski definition) is 3. The average Bonchev–Trinajstić information content (AvgIpc) is 3.23. The number of carbonyl (C=O) groups is 1. The molecule has 1 spiro atoms. The van der Waals surface area contributed by atoms with Gasteiger partial charge in [-0.05, 0) is 48.3 Å². The standard InChI is InChI=1S/C17H22FNO3S/c1-12(13-2-4-14(18)5-3-13)11-19-16(20)15-10-17(15)6-8-23(21,22)9-7-17/h2-5,12,15H,6-11H2,1H3,(H,19,20)/t12-,15-/m0/s1. The molecule has 23 heavy (non-hydrogen) atoms. The Morgan fingerprint density at radius 3 is 2.52 bits per heavy atom. The Labute approximate surface area is 136 Å². The number of halogens is 1. The van der Waals surface area contributed by atoms with Gasteiger partial charge < -0.3 is 5.32 Å². The summed E-state index contributed by atoms with van der Waals surface area (Å²) < 4.78 is 35.9. The Morgan fingerprint density at radius 2 is 1.91 bits per heavy atom. The van der Waals surface area contributed by atoms with E-state index in [-0.39, 0.29) is 40.5 Å². The van der Waals surface area contributed by atoms with Gasteiger partial charge in [-0.1, -0.05) is 19.1 Å². The van der Waals surface area contributed by atoms with E-state index in [1.807, 2.05) is 6.92 Å². The molecule has 1 aromatic rings.